The Morgan fingerprint density at radius 2 is 1.92 bits per heavy atom. The first-order chi connectivity index (χ1) is 8.52. The molecule has 0 atom stereocenters. The Balaban J connectivity index is 3.21. The maximum atomic E-state index is 9.07. The fourth-order valence-electron chi connectivity index (χ4n) is 0.866. The first-order valence-corrected chi connectivity index (χ1v) is 4.12. The average molecular weight is 253 g/mol. The zero-order valence-electron chi connectivity index (χ0n) is 12.5. The molecule has 13 heavy (non-hydrogen) atoms. The molecule has 1 aromatic carbocycles. The maximum absolute atomic E-state index is 9.07. The van der Waals surface area contributed by atoms with E-state index in [1.54, 1.807) is 0 Å². The SMILES string of the molecule is [2H]C([2H])([2H])Oc1cc(CO)cc(OC([2H])([2H])[2H])c1Br. The standard InChI is InChI=1S/C9H11BrO3/c1-12-7-3-6(5-11)4-8(13-2)9(7)10/h3-4,11H,5H2,1-2H3/i1D3,2D3. The molecule has 3 nitrogen and oxygen atoms in total. The van der Waals surface area contributed by atoms with Gasteiger partial charge < -0.3 is 14.6 Å². The molecule has 1 rings (SSSR count). The third-order valence-corrected chi connectivity index (χ3v) is 2.25. The molecule has 4 heteroatoms. The lowest BCUT2D eigenvalue weighted by atomic mass is 10.2. The number of ether oxygens (including phenoxy) is 2. The van der Waals surface area contributed by atoms with Crippen LogP contribution in [-0.4, -0.2) is 19.2 Å². The molecule has 0 unspecified atom stereocenters. The Labute approximate surface area is 93.8 Å². The van der Waals surface area contributed by atoms with Gasteiger partial charge in [0.15, 0.2) is 0 Å². The highest BCUT2D eigenvalue weighted by Gasteiger charge is 2.08. The van der Waals surface area contributed by atoms with Crippen molar-refractivity contribution >= 4 is 15.9 Å². The summed E-state index contributed by atoms with van der Waals surface area (Å²) in [6.07, 6.45) is 0. The minimum atomic E-state index is -2.70. The highest BCUT2D eigenvalue weighted by atomic mass is 79.9. The van der Waals surface area contributed by atoms with E-state index in [1.165, 1.54) is 12.1 Å². The van der Waals surface area contributed by atoms with E-state index < -0.39 is 20.7 Å². The Hall–Kier alpha value is -0.740. The second-order valence-corrected chi connectivity index (χ2v) is 3.06. The molecule has 0 aliphatic rings. The topological polar surface area (TPSA) is 38.7 Å². The first kappa shape index (κ1) is 4.66. The third kappa shape index (κ3) is 2.14. The molecular weight excluding hydrogens is 236 g/mol. The molecule has 72 valence electrons. The van der Waals surface area contributed by atoms with E-state index in [-0.39, 0.29) is 21.5 Å². The fraction of sp³-hybridized carbons (Fsp3) is 0.333. The van der Waals surface area contributed by atoms with Crippen molar-refractivity contribution in [3.8, 4) is 11.5 Å². The number of aliphatic hydroxyl groups excluding tert-OH is 1. The lowest BCUT2D eigenvalue weighted by molar-refractivity contribution is 0.280. The minimum Gasteiger partial charge on any atom is -0.495 e. The second-order valence-electron chi connectivity index (χ2n) is 2.27. The normalized spacial score (nSPS) is 18.6. The van der Waals surface area contributed by atoms with Crippen molar-refractivity contribution in [3.63, 3.8) is 0 Å². The monoisotopic (exact) mass is 252 g/mol. The summed E-state index contributed by atoms with van der Waals surface area (Å²) < 4.78 is 51.6. The van der Waals surface area contributed by atoms with E-state index >= 15 is 0 Å². The quantitative estimate of drug-likeness (QED) is 0.894. The van der Waals surface area contributed by atoms with E-state index in [9.17, 15) is 0 Å². The summed E-state index contributed by atoms with van der Waals surface area (Å²) in [6, 6.07) is 2.56. The van der Waals surface area contributed by atoms with Crippen LogP contribution in [0.3, 0.4) is 0 Å². The van der Waals surface area contributed by atoms with Crippen molar-refractivity contribution in [2.24, 2.45) is 0 Å². The van der Waals surface area contributed by atoms with Gasteiger partial charge in [0.25, 0.3) is 0 Å². The predicted molar refractivity (Wildman–Crippen MR) is 53.2 cm³/mol. The molecule has 0 aliphatic carbocycles. The largest absolute Gasteiger partial charge is 0.495 e. The molecule has 0 fully saturated rings. The van der Waals surface area contributed by atoms with E-state index in [0.29, 0.717) is 0 Å². The molecular formula is C9H11BrO3. The van der Waals surface area contributed by atoms with Gasteiger partial charge in [-0.15, -0.1) is 0 Å². The summed E-state index contributed by atoms with van der Waals surface area (Å²) >= 11 is 3.02. The van der Waals surface area contributed by atoms with Gasteiger partial charge in [-0.25, -0.2) is 0 Å². The van der Waals surface area contributed by atoms with E-state index in [1.807, 2.05) is 0 Å². The number of benzene rings is 1. The van der Waals surface area contributed by atoms with Crippen molar-refractivity contribution in [2.75, 3.05) is 14.1 Å². The molecule has 0 spiro atoms. The van der Waals surface area contributed by atoms with Crippen molar-refractivity contribution in [2.45, 2.75) is 6.61 Å². The number of halogens is 1. The second kappa shape index (κ2) is 4.48. The zero-order chi connectivity index (χ0) is 14.8. The molecule has 0 saturated carbocycles. The smallest absolute Gasteiger partial charge is 0.137 e. The van der Waals surface area contributed by atoms with Gasteiger partial charge in [-0.2, -0.15) is 0 Å². The van der Waals surface area contributed by atoms with Gasteiger partial charge in [0.1, 0.15) is 16.0 Å². The van der Waals surface area contributed by atoms with E-state index in [0.717, 1.165) is 0 Å². The van der Waals surface area contributed by atoms with Crippen LogP contribution in [0.5, 0.6) is 11.5 Å². The summed E-state index contributed by atoms with van der Waals surface area (Å²) in [6.45, 7) is -0.415. The van der Waals surface area contributed by atoms with Crippen LogP contribution in [-0.2, 0) is 6.61 Å². The van der Waals surface area contributed by atoms with Gasteiger partial charge in [-0.1, -0.05) is 0 Å². The van der Waals surface area contributed by atoms with Gasteiger partial charge in [-0.05, 0) is 33.6 Å². The Morgan fingerprint density at radius 3 is 2.31 bits per heavy atom. The number of aliphatic hydroxyl groups is 1. The van der Waals surface area contributed by atoms with Gasteiger partial charge in [0, 0.05) is 0 Å². The number of hydrogen-bond donors (Lipinski definition) is 1. The molecule has 0 aliphatic heterocycles. The van der Waals surface area contributed by atoms with E-state index in [2.05, 4.69) is 15.9 Å². The molecule has 0 heterocycles. The van der Waals surface area contributed by atoms with Crippen LogP contribution in [0.2, 0.25) is 0 Å². The molecule has 1 N–H and O–H groups in total. The first-order valence-electron chi connectivity index (χ1n) is 6.33. The van der Waals surface area contributed by atoms with Crippen molar-refractivity contribution in [1.29, 1.82) is 0 Å². The number of hydrogen-bond acceptors (Lipinski definition) is 3. The molecule has 1 aromatic rings. The summed E-state index contributed by atoms with van der Waals surface area (Å²) in [5.74, 6) is -0.267. The predicted octanol–water partition coefficient (Wildman–Crippen LogP) is 1.96. The maximum Gasteiger partial charge on any atom is 0.137 e. The Morgan fingerprint density at radius 1 is 1.38 bits per heavy atom. The lowest BCUT2D eigenvalue weighted by Gasteiger charge is -2.09. The Bertz CT molecular complexity index is 419. The van der Waals surface area contributed by atoms with Crippen molar-refractivity contribution in [1.82, 2.24) is 0 Å². The van der Waals surface area contributed by atoms with Gasteiger partial charge in [0.05, 0.1) is 28.9 Å². The number of rotatable bonds is 3. The third-order valence-electron chi connectivity index (χ3n) is 1.47. The highest BCUT2D eigenvalue weighted by Crippen LogP contribution is 2.35. The summed E-state index contributed by atoms with van der Waals surface area (Å²) in [5, 5.41) is 9.07. The van der Waals surface area contributed by atoms with Crippen LogP contribution < -0.4 is 9.47 Å². The zero-order valence-corrected chi connectivity index (χ0v) is 8.09. The van der Waals surface area contributed by atoms with E-state index in [4.69, 9.17) is 22.8 Å². The minimum absolute atomic E-state index is 0.0527. The van der Waals surface area contributed by atoms with Crippen LogP contribution in [0, 0.1) is 0 Å². The molecule has 0 amide bonds. The summed E-state index contributed by atoms with van der Waals surface area (Å²) in [5.41, 5.74) is 0.265. The van der Waals surface area contributed by atoms with Crippen molar-refractivity contribution in [3.05, 3.63) is 22.2 Å². The molecule has 0 aromatic heterocycles. The van der Waals surface area contributed by atoms with Gasteiger partial charge in [0.2, 0.25) is 0 Å². The van der Waals surface area contributed by atoms with Crippen LogP contribution >= 0.6 is 15.9 Å². The van der Waals surface area contributed by atoms with Crippen LogP contribution in [0.25, 0.3) is 0 Å². The summed E-state index contributed by atoms with van der Waals surface area (Å²) in [4.78, 5) is 0. The highest BCUT2D eigenvalue weighted by molar-refractivity contribution is 9.10. The fourth-order valence-corrected chi connectivity index (χ4v) is 1.26. The molecule has 0 saturated heterocycles. The van der Waals surface area contributed by atoms with Crippen molar-refractivity contribution < 1.29 is 22.8 Å². The van der Waals surface area contributed by atoms with Crippen LogP contribution in [0.1, 0.15) is 13.8 Å². The van der Waals surface area contributed by atoms with Gasteiger partial charge >= 0.3 is 0 Å². The summed E-state index contributed by atoms with van der Waals surface area (Å²) in [7, 11) is -5.40. The number of methoxy groups -OCH3 is 2. The average Bonchev–Trinajstić information content (AvgIpc) is 2.19. The molecule has 0 bridgehead atoms. The van der Waals surface area contributed by atoms with Gasteiger partial charge in [-0.3, -0.25) is 0 Å². The molecule has 0 radical (unpaired) electrons. The van der Waals surface area contributed by atoms with Crippen LogP contribution in [0.15, 0.2) is 16.6 Å². The Kier molecular flexibility index (Phi) is 1.61. The van der Waals surface area contributed by atoms with Crippen LogP contribution in [0.4, 0.5) is 0 Å². The lowest BCUT2D eigenvalue weighted by Crippen LogP contribution is -1.93.